The molecule has 0 spiro atoms. The van der Waals surface area contributed by atoms with Crippen LogP contribution in [0, 0.1) is 28.6 Å². The van der Waals surface area contributed by atoms with Crippen LogP contribution in [-0.2, 0) is 12.6 Å². The first kappa shape index (κ1) is 16.3. The van der Waals surface area contributed by atoms with E-state index in [4.69, 9.17) is 10.5 Å². The second-order valence-corrected chi connectivity index (χ2v) is 5.46. The van der Waals surface area contributed by atoms with E-state index in [1.54, 1.807) is 6.07 Å². The van der Waals surface area contributed by atoms with Gasteiger partial charge in [-0.25, -0.2) is 4.98 Å². The van der Waals surface area contributed by atoms with Gasteiger partial charge in [0.2, 0.25) is 0 Å². The van der Waals surface area contributed by atoms with Crippen molar-refractivity contribution in [3.63, 3.8) is 0 Å². The van der Waals surface area contributed by atoms with Crippen LogP contribution in [-0.4, -0.2) is 10.7 Å². The van der Waals surface area contributed by atoms with E-state index in [1.807, 2.05) is 19.9 Å². The number of nitrogens with zero attached hydrogens (tertiary/aromatic N) is 3. The first-order chi connectivity index (χ1) is 9.29. The van der Waals surface area contributed by atoms with Gasteiger partial charge in [-0.05, 0) is 18.4 Å². The van der Waals surface area contributed by atoms with Gasteiger partial charge in [-0.15, -0.1) is 0 Å². The summed E-state index contributed by atoms with van der Waals surface area (Å²) in [6, 6.07) is 4.29. The minimum absolute atomic E-state index is 0.0282. The van der Waals surface area contributed by atoms with Crippen LogP contribution < -0.4 is 0 Å². The number of halogens is 3. The lowest BCUT2D eigenvalue weighted by Crippen LogP contribution is -2.12. The topological polar surface area (TPSA) is 60.5 Å². The molecule has 0 unspecified atom stereocenters. The van der Waals surface area contributed by atoms with Crippen LogP contribution in [0.1, 0.15) is 30.7 Å². The molecule has 0 bridgehead atoms. The van der Waals surface area contributed by atoms with Crippen LogP contribution in [0.5, 0.6) is 0 Å². The largest absolute Gasteiger partial charge is 0.417 e. The average Bonchev–Trinajstić information content (AvgIpc) is 2.33. The molecule has 0 aromatic carbocycles. The molecule has 0 atom stereocenters. The quantitative estimate of drug-likeness (QED) is 0.794. The van der Waals surface area contributed by atoms with E-state index in [0.29, 0.717) is 6.42 Å². The van der Waals surface area contributed by atoms with Gasteiger partial charge >= 0.3 is 6.18 Å². The molecule has 1 rings (SSSR count). The molecule has 20 heavy (non-hydrogen) atoms. The molecule has 0 fully saturated rings. The molecular weight excluding hydrogens is 287 g/mol. The minimum atomic E-state index is -4.61. The van der Waals surface area contributed by atoms with Crippen molar-refractivity contribution >= 4 is 11.8 Å². The fraction of sp³-hybridized carbons (Fsp3) is 0.462. The number of aromatic nitrogens is 1. The van der Waals surface area contributed by atoms with Crippen molar-refractivity contribution in [1.82, 2.24) is 4.98 Å². The smallest absolute Gasteiger partial charge is 0.245 e. The molecule has 0 aliphatic carbocycles. The van der Waals surface area contributed by atoms with Crippen molar-refractivity contribution in [2.45, 2.75) is 31.5 Å². The SMILES string of the molecule is CC(C)Cc1cc(C(F)(F)F)c(C#N)c(SCC#N)n1. The number of rotatable bonds is 4. The van der Waals surface area contributed by atoms with E-state index in [2.05, 4.69) is 4.98 Å². The number of thioether (sulfide) groups is 1. The molecule has 0 radical (unpaired) electrons. The molecule has 1 aromatic heterocycles. The van der Waals surface area contributed by atoms with Crippen molar-refractivity contribution in [3.05, 3.63) is 22.9 Å². The number of hydrogen-bond acceptors (Lipinski definition) is 4. The fourth-order valence-corrected chi connectivity index (χ4v) is 2.32. The zero-order chi connectivity index (χ0) is 15.3. The Morgan fingerprint density at radius 2 is 2.00 bits per heavy atom. The lowest BCUT2D eigenvalue weighted by Gasteiger charge is -2.14. The van der Waals surface area contributed by atoms with E-state index in [9.17, 15) is 13.2 Å². The van der Waals surface area contributed by atoms with Crippen molar-refractivity contribution in [2.24, 2.45) is 5.92 Å². The van der Waals surface area contributed by atoms with Gasteiger partial charge in [0.15, 0.2) is 0 Å². The van der Waals surface area contributed by atoms with Gasteiger partial charge in [-0.2, -0.15) is 23.7 Å². The molecule has 0 aliphatic heterocycles. The lowest BCUT2D eigenvalue weighted by molar-refractivity contribution is -0.138. The third-order valence-electron chi connectivity index (χ3n) is 2.35. The summed E-state index contributed by atoms with van der Waals surface area (Å²) in [6.45, 7) is 3.74. The van der Waals surface area contributed by atoms with Gasteiger partial charge in [0.1, 0.15) is 11.1 Å². The summed E-state index contributed by atoms with van der Waals surface area (Å²) in [5.74, 6) is 0.0924. The summed E-state index contributed by atoms with van der Waals surface area (Å²) in [5.41, 5.74) is -1.21. The highest BCUT2D eigenvalue weighted by Gasteiger charge is 2.35. The number of pyridine rings is 1. The van der Waals surface area contributed by atoms with E-state index in [-0.39, 0.29) is 22.4 Å². The highest BCUT2D eigenvalue weighted by molar-refractivity contribution is 7.99. The Hall–Kier alpha value is -1.73. The number of hydrogen-bond donors (Lipinski definition) is 0. The van der Waals surface area contributed by atoms with Crippen LogP contribution >= 0.6 is 11.8 Å². The zero-order valence-electron chi connectivity index (χ0n) is 11.0. The molecule has 7 heteroatoms. The van der Waals surface area contributed by atoms with E-state index in [0.717, 1.165) is 17.8 Å². The molecule has 0 N–H and O–H groups in total. The predicted octanol–water partition coefficient (Wildman–Crippen LogP) is 3.79. The summed E-state index contributed by atoms with van der Waals surface area (Å²) in [5, 5.41) is 17.5. The van der Waals surface area contributed by atoms with Crippen molar-refractivity contribution in [1.29, 1.82) is 10.5 Å². The Bertz CT molecular complexity index is 568. The lowest BCUT2D eigenvalue weighted by atomic mass is 10.0. The third kappa shape index (κ3) is 4.14. The summed E-state index contributed by atoms with van der Waals surface area (Å²) in [7, 11) is 0. The average molecular weight is 299 g/mol. The first-order valence-electron chi connectivity index (χ1n) is 5.80. The van der Waals surface area contributed by atoms with Crippen LogP contribution in [0.3, 0.4) is 0 Å². The van der Waals surface area contributed by atoms with E-state index < -0.39 is 17.3 Å². The maximum Gasteiger partial charge on any atom is 0.417 e. The normalized spacial score (nSPS) is 11.2. The Kier molecular flexibility index (Phi) is 5.41. The Labute approximate surface area is 119 Å². The molecule has 0 saturated carbocycles. The summed E-state index contributed by atoms with van der Waals surface area (Å²) in [6.07, 6.45) is -4.23. The van der Waals surface area contributed by atoms with Crippen LogP contribution in [0.25, 0.3) is 0 Å². The van der Waals surface area contributed by atoms with Crippen LogP contribution in [0.4, 0.5) is 13.2 Å². The molecule has 1 aromatic rings. The highest BCUT2D eigenvalue weighted by atomic mass is 32.2. The predicted molar refractivity (Wildman–Crippen MR) is 68.8 cm³/mol. The first-order valence-corrected chi connectivity index (χ1v) is 6.79. The molecule has 0 aliphatic rings. The molecule has 0 amide bonds. The minimum Gasteiger partial charge on any atom is -0.245 e. The molecule has 1 heterocycles. The van der Waals surface area contributed by atoms with Gasteiger partial charge < -0.3 is 0 Å². The standard InChI is InChI=1S/C13H12F3N3S/c1-8(2)5-9-6-11(13(14,15)16)10(7-18)12(19-9)20-4-3-17/h6,8H,4-5H2,1-2H3. The van der Waals surface area contributed by atoms with Gasteiger partial charge in [0.25, 0.3) is 0 Å². The van der Waals surface area contributed by atoms with Crippen molar-refractivity contribution in [3.8, 4) is 12.1 Å². The van der Waals surface area contributed by atoms with Gasteiger partial charge in [0.05, 0.1) is 22.9 Å². The fourth-order valence-electron chi connectivity index (χ4n) is 1.63. The zero-order valence-corrected chi connectivity index (χ0v) is 11.8. The van der Waals surface area contributed by atoms with Crippen molar-refractivity contribution in [2.75, 3.05) is 5.75 Å². The number of nitriles is 2. The maximum absolute atomic E-state index is 13.0. The van der Waals surface area contributed by atoms with Crippen LogP contribution in [0.2, 0.25) is 0 Å². The highest BCUT2D eigenvalue weighted by Crippen LogP contribution is 2.36. The second kappa shape index (κ2) is 6.62. The third-order valence-corrected chi connectivity index (χ3v) is 3.19. The van der Waals surface area contributed by atoms with E-state index in [1.165, 1.54) is 0 Å². The summed E-state index contributed by atoms with van der Waals surface area (Å²) >= 11 is 0.848. The van der Waals surface area contributed by atoms with Gasteiger partial charge in [-0.3, -0.25) is 0 Å². The van der Waals surface area contributed by atoms with Gasteiger partial charge in [-0.1, -0.05) is 25.6 Å². The summed E-state index contributed by atoms with van der Waals surface area (Å²) in [4.78, 5) is 4.08. The Morgan fingerprint density at radius 1 is 1.35 bits per heavy atom. The monoisotopic (exact) mass is 299 g/mol. The second-order valence-electron chi connectivity index (χ2n) is 4.50. The maximum atomic E-state index is 13.0. The molecule has 3 nitrogen and oxygen atoms in total. The molecule has 106 valence electrons. The van der Waals surface area contributed by atoms with Crippen LogP contribution in [0.15, 0.2) is 11.1 Å². The van der Waals surface area contributed by atoms with E-state index >= 15 is 0 Å². The van der Waals surface area contributed by atoms with Crippen molar-refractivity contribution < 1.29 is 13.2 Å². The molecular formula is C13H12F3N3S. The van der Waals surface area contributed by atoms with Gasteiger partial charge in [0, 0.05) is 5.69 Å². The Morgan fingerprint density at radius 3 is 2.45 bits per heavy atom. The Balaban J connectivity index is 3.41. The molecule has 0 saturated heterocycles. The number of alkyl halides is 3. The summed E-state index contributed by atoms with van der Waals surface area (Å²) < 4.78 is 39.0.